The highest BCUT2D eigenvalue weighted by atomic mass is 16.5. The van der Waals surface area contributed by atoms with Gasteiger partial charge in [-0.3, -0.25) is 0 Å². The highest BCUT2D eigenvalue weighted by molar-refractivity contribution is 5.26. The monoisotopic (exact) mass is 264 g/mol. The van der Waals surface area contributed by atoms with Gasteiger partial charge in [-0.1, -0.05) is 6.92 Å². The Balaban J connectivity index is 1.87. The molecule has 1 aromatic rings. The van der Waals surface area contributed by atoms with Crippen molar-refractivity contribution in [2.75, 3.05) is 20.7 Å². The molecule has 0 spiro atoms. The Kier molecular flexibility index (Phi) is 4.83. The fourth-order valence-corrected chi connectivity index (χ4v) is 3.08. The Morgan fingerprint density at radius 1 is 1.26 bits per heavy atom. The number of hydrogen-bond donors (Lipinski definition) is 2. The van der Waals surface area contributed by atoms with Gasteiger partial charge in [-0.15, -0.1) is 0 Å². The van der Waals surface area contributed by atoms with Crippen LogP contribution < -0.4 is 15.0 Å². The molecule has 0 bridgehead atoms. The van der Waals surface area contributed by atoms with E-state index in [1.807, 2.05) is 12.1 Å². The molecule has 19 heavy (non-hydrogen) atoms. The fourth-order valence-electron chi connectivity index (χ4n) is 3.08. The van der Waals surface area contributed by atoms with Crippen LogP contribution in [0.3, 0.4) is 0 Å². The van der Waals surface area contributed by atoms with Gasteiger partial charge >= 0.3 is 0 Å². The maximum Gasteiger partial charge on any atom is 0.118 e. The van der Waals surface area contributed by atoms with Gasteiger partial charge in [-0.05, 0) is 31.2 Å². The topological polar surface area (TPSA) is 30.3 Å². The summed E-state index contributed by atoms with van der Waals surface area (Å²) in [5.41, 5.74) is 1.38. The Labute approximate surface area is 116 Å². The Bertz CT molecular complexity index is 390. The summed E-state index contributed by atoms with van der Waals surface area (Å²) in [5.74, 6) is 1.74. The molecule has 0 radical (unpaired) electrons. The number of nitrogens with two attached hydrogens (primary N) is 1. The molecule has 1 unspecified atom stereocenters. The SMILES string of the molecule is COc1ccc(C[NH2+][C@H]2C[C@H](C)[NH+](C)C[C@H]2C)cc1. The summed E-state index contributed by atoms with van der Waals surface area (Å²) in [6.45, 7) is 7.13. The lowest BCUT2D eigenvalue weighted by atomic mass is 9.90. The molecule has 0 aliphatic carbocycles. The van der Waals surface area contributed by atoms with E-state index in [1.54, 1.807) is 12.0 Å². The third-order valence-electron chi connectivity index (χ3n) is 4.66. The number of piperidine rings is 1. The van der Waals surface area contributed by atoms with E-state index in [0.717, 1.165) is 30.3 Å². The zero-order valence-electron chi connectivity index (χ0n) is 12.6. The van der Waals surface area contributed by atoms with E-state index < -0.39 is 0 Å². The zero-order valence-corrected chi connectivity index (χ0v) is 12.6. The van der Waals surface area contributed by atoms with E-state index in [4.69, 9.17) is 4.74 Å². The van der Waals surface area contributed by atoms with Crippen LogP contribution in [0, 0.1) is 5.92 Å². The number of methoxy groups -OCH3 is 1. The highest BCUT2D eigenvalue weighted by Crippen LogP contribution is 2.11. The number of rotatable bonds is 4. The summed E-state index contributed by atoms with van der Waals surface area (Å²) in [6.07, 6.45) is 1.32. The Hall–Kier alpha value is -1.06. The molecular weight excluding hydrogens is 236 g/mol. The predicted molar refractivity (Wildman–Crippen MR) is 77.4 cm³/mol. The average molecular weight is 264 g/mol. The summed E-state index contributed by atoms with van der Waals surface area (Å²) >= 11 is 0. The molecule has 0 amide bonds. The molecule has 3 N–H and O–H groups in total. The second-order valence-corrected chi connectivity index (χ2v) is 6.12. The first-order valence-corrected chi connectivity index (χ1v) is 7.38. The van der Waals surface area contributed by atoms with E-state index >= 15 is 0 Å². The predicted octanol–water partition coefficient (Wildman–Crippen LogP) is 0.0702. The van der Waals surface area contributed by atoms with Gasteiger partial charge in [-0.2, -0.15) is 0 Å². The van der Waals surface area contributed by atoms with Crippen LogP contribution in [0.5, 0.6) is 5.75 Å². The third kappa shape index (κ3) is 3.71. The maximum absolute atomic E-state index is 5.19. The molecule has 2 rings (SSSR count). The summed E-state index contributed by atoms with van der Waals surface area (Å²) in [5, 5.41) is 2.52. The number of likely N-dealkylation sites (tertiary alicyclic amines) is 1. The molecule has 1 saturated heterocycles. The van der Waals surface area contributed by atoms with Crippen LogP contribution in [0.25, 0.3) is 0 Å². The van der Waals surface area contributed by atoms with Gasteiger partial charge < -0.3 is 15.0 Å². The van der Waals surface area contributed by atoms with Gasteiger partial charge in [0.15, 0.2) is 0 Å². The van der Waals surface area contributed by atoms with Crippen LogP contribution in [0.1, 0.15) is 25.8 Å². The van der Waals surface area contributed by atoms with Crippen LogP contribution in [0.2, 0.25) is 0 Å². The molecule has 1 fully saturated rings. The first-order chi connectivity index (χ1) is 9.10. The van der Waals surface area contributed by atoms with Crippen molar-refractivity contribution in [2.45, 2.75) is 38.9 Å². The number of quaternary nitrogens is 2. The normalized spacial score (nSPS) is 31.2. The van der Waals surface area contributed by atoms with Gasteiger partial charge in [0.25, 0.3) is 0 Å². The molecule has 1 aromatic carbocycles. The summed E-state index contributed by atoms with van der Waals surface area (Å²) < 4.78 is 5.19. The molecule has 0 saturated carbocycles. The van der Waals surface area contributed by atoms with Crippen molar-refractivity contribution in [2.24, 2.45) is 5.92 Å². The largest absolute Gasteiger partial charge is 0.497 e. The van der Waals surface area contributed by atoms with E-state index in [1.165, 1.54) is 18.5 Å². The number of hydrogen-bond acceptors (Lipinski definition) is 1. The van der Waals surface area contributed by atoms with E-state index in [2.05, 4.69) is 38.3 Å². The van der Waals surface area contributed by atoms with Crippen molar-refractivity contribution in [1.29, 1.82) is 0 Å². The van der Waals surface area contributed by atoms with E-state index in [-0.39, 0.29) is 0 Å². The highest BCUT2D eigenvalue weighted by Gasteiger charge is 2.34. The van der Waals surface area contributed by atoms with Gasteiger partial charge in [0.1, 0.15) is 12.3 Å². The first kappa shape index (κ1) is 14.4. The number of nitrogens with one attached hydrogen (secondary N) is 1. The van der Waals surface area contributed by atoms with Crippen LogP contribution in [0.4, 0.5) is 0 Å². The minimum Gasteiger partial charge on any atom is -0.497 e. The second kappa shape index (κ2) is 6.40. The second-order valence-electron chi connectivity index (χ2n) is 6.12. The Morgan fingerprint density at radius 2 is 1.95 bits per heavy atom. The van der Waals surface area contributed by atoms with Crippen LogP contribution in [0.15, 0.2) is 24.3 Å². The van der Waals surface area contributed by atoms with Gasteiger partial charge in [0.2, 0.25) is 0 Å². The van der Waals surface area contributed by atoms with Crippen molar-refractivity contribution in [3.63, 3.8) is 0 Å². The lowest BCUT2D eigenvalue weighted by molar-refractivity contribution is -0.923. The summed E-state index contributed by atoms with van der Waals surface area (Å²) in [4.78, 5) is 1.68. The number of benzene rings is 1. The maximum atomic E-state index is 5.19. The van der Waals surface area contributed by atoms with Gasteiger partial charge in [-0.25, -0.2) is 0 Å². The van der Waals surface area contributed by atoms with Crippen molar-refractivity contribution in [3.05, 3.63) is 29.8 Å². The molecule has 1 aliphatic heterocycles. The summed E-state index contributed by atoms with van der Waals surface area (Å²) in [6, 6.07) is 9.99. The van der Waals surface area contributed by atoms with Crippen LogP contribution in [-0.4, -0.2) is 32.8 Å². The molecule has 3 heteroatoms. The van der Waals surface area contributed by atoms with Crippen LogP contribution in [-0.2, 0) is 6.54 Å². The first-order valence-electron chi connectivity index (χ1n) is 7.38. The standard InChI is InChI=1S/C16H26N2O/c1-12-11-18(3)13(2)9-16(12)17-10-14-5-7-15(19-4)8-6-14/h5-8,12-13,16-17H,9-11H2,1-4H3/p+2/t12-,13+,16+/m1/s1. The van der Waals surface area contributed by atoms with Gasteiger partial charge in [0, 0.05) is 5.56 Å². The minimum absolute atomic E-state index is 0.765. The summed E-state index contributed by atoms with van der Waals surface area (Å²) in [7, 11) is 4.03. The lowest BCUT2D eigenvalue weighted by Crippen LogP contribution is -3.16. The minimum atomic E-state index is 0.765. The van der Waals surface area contributed by atoms with Crippen LogP contribution >= 0.6 is 0 Å². The van der Waals surface area contributed by atoms with E-state index in [0.29, 0.717) is 0 Å². The van der Waals surface area contributed by atoms with E-state index in [9.17, 15) is 0 Å². The van der Waals surface area contributed by atoms with Crippen molar-refractivity contribution >= 4 is 0 Å². The van der Waals surface area contributed by atoms with Crippen molar-refractivity contribution in [3.8, 4) is 5.75 Å². The molecule has 106 valence electrons. The average Bonchev–Trinajstić information content (AvgIpc) is 2.42. The zero-order chi connectivity index (χ0) is 13.8. The lowest BCUT2D eigenvalue weighted by Gasteiger charge is -2.35. The Morgan fingerprint density at radius 3 is 2.58 bits per heavy atom. The molecule has 0 aromatic heterocycles. The quantitative estimate of drug-likeness (QED) is 0.792. The third-order valence-corrected chi connectivity index (χ3v) is 4.66. The number of ether oxygens (including phenoxy) is 1. The smallest absolute Gasteiger partial charge is 0.118 e. The molecule has 4 atom stereocenters. The molecule has 1 heterocycles. The van der Waals surface area contributed by atoms with Crippen molar-refractivity contribution < 1.29 is 15.0 Å². The molecule has 1 aliphatic rings. The fraction of sp³-hybridized carbons (Fsp3) is 0.625. The van der Waals surface area contributed by atoms with Crippen molar-refractivity contribution in [1.82, 2.24) is 0 Å². The van der Waals surface area contributed by atoms with Gasteiger partial charge in [0.05, 0.1) is 45.1 Å². The molecular formula is C16H28N2O+2. The molecule has 3 nitrogen and oxygen atoms in total.